The summed E-state index contributed by atoms with van der Waals surface area (Å²) in [6.07, 6.45) is 0. The Bertz CT molecular complexity index is 1010. The Kier molecular flexibility index (Phi) is 4.29. The van der Waals surface area contributed by atoms with Crippen molar-refractivity contribution in [3.8, 4) is 5.75 Å². The van der Waals surface area contributed by atoms with Gasteiger partial charge < -0.3 is 15.2 Å². The third-order valence-corrected chi connectivity index (χ3v) is 4.26. The first-order valence-electron chi connectivity index (χ1n) is 8.49. The lowest BCUT2D eigenvalue weighted by molar-refractivity contribution is -0.138. The molecule has 8 nitrogen and oxygen atoms in total. The molecule has 0 aliphatic carbocycles. The van der Waals surface area contributed by atoms with Gasteiger partial charge >= 0.3 is 5.97 Å². The number of phenolic OH excluding ortho intramolecular Hbond substituents is 1. The average Bonchev–Trinajstić information content (AvgIpc) is 3.15. The number of esters is 1. The van der Waals surface area contributed by atoms with Crippen molar-refractivity contribution in [2.45, 2.75) is 13.0 Å². The summed E-state index contributed by atoms with van der Waals surface area (Å²) < 4.78 is 6.83. The van der Waals surface area contributed by atoms with Crippen LogP contribution in [0.15, 0.2) is 60.2 Å². The molecule has 1 aliphatic rings. The van der Waals surface area contributed by atoms with E-state index in [2.05, 4.69) is 20.8 Å². The number of carbonyl (C=O) groups is 1. The Morgan fingerprint density at radius 3 is 2.78 bits per heavy atom. The molecule has 0 fully saturated rings. The molecular formula is C19H17N5O3. The van der Waals surface area contributed by atoms with Gasteiger partial charge in [0.05, 0.1) is 17.9 Å². The minimum absolute atomic E-state index is 0.0881. The van der Waals surface area contributed by atoms with Crippen molar-refractivity contribution in [3.63, 3.8) is 0 Å². The van der Waals surface area contributed by atoms with Crippen LogP contribution in [0, 0.1) is 0 Å². The predicted molar refractivity (Wildman–Crippen MR) is 97.7 cm³/mol. The van der Waals surface area contributed by atoms with Gasteiger partial charge in [-0.25, -0.2) is 4.79 Å². The molecule has 136 valence electrons. The van der Waals surface area contributed by atoms with Crippen LogP contribution in [0.1, 0.15) is 24.1 Å². The molecule has 0 amide bonds. The summed E-state index contributed by atoms with van der Waals surface area (Å²) >= 11 is 0. The van der Waals surface area contributed by atoms with Crippen LogP contribution in [0.2, 0.25) is 0 Å². The van der Waals surface area contributed by atoms with Crippen LogP contribution < -0.4 is 5.32 Å². The number of fused-ring (bicyclic) bond motifs is 1. The molecule has 1 atom stereocenters. The Labute approximate surface area is 155 Å². The number of rotatable bonds is 4. The lowest BCUT2D eigenvalue weighted by Gasteiger charge is -2.28. The molecule has 0 radical (unpaired) electrons. The summed E-state index contributed by atoms with van der Waals surface area (Å²) in [5.74, 6) is 0.0127. The molecule has 0 bridgehead atoms. The number of hydrogen-bond donors (Lipinski definition) is 2. The zero-order valence-corrected chi connectivity index (χ0v) is 14.5. The van der Waals surface area contributed by atoms with Gasteiger partial charge in [-0.05, 0) is 40.6 Å². The number of hydrogen-bond acceptors (Lipinski definition) is 7. The van der Waals surface area contributed by atoms with Crippen molar-refractivity contribution in [2.24, 2.45) is 0 Å². The van der Waals surface area contributed by atoms with Gasteiger partial charge in [-0.2, -0.15) is 4.68 Å². The quantitative estimate of drug-likeness (QED) is 0.686. The van der Waals surface area contributed by atoms with Gasteiger partial charge in [-0.15, -0.1) is 0 Å². The van der Waals surface area contributed by atoms with E-state index >= 15 is 0 Å². The monoisotopic (exact) mass is 363 g/mol. The molecule has 0 spiro atoms. The largest absolute Gasteiger partial charge is 0.508 e. The summed E-state index contributed by atoms with van der Waals surface area (Å²) in [6, 6.07) is 15.5. The first-order chi connectivity index (χ1) is 13.2. The summed E-state index contributed by atoms with van der Waals surface area (Å²) in [5, 5.41) is 24.9. The van der Waals surface area contributed by atoms with E-state index in [1.54, 1.807) is 25.1 Å². The summed E-state index contributed by atoms with van der Waals surface area (Å²) in [7, 11) is 0. The van der Waals surface area contributed by atoms with Crippen LogP contribution in [0.25, 0.3) is 5.70 Å². The molecule has 27 heavy (non-hydrogen) atoms. The highest BCUT2D eigenvalue weighted by Gasteiger charge is 2.36. The molecule has 2 N–H and O–H groups in total. The standard InChI is InChI=1S/C19H17N5O3/c1-2-27-18(26)15-16(12-7-4-3-5-8-12)20-19-21-22-23-24(19)17(15)13-9-6-10-14(25)11-13/h3-11,17,25H,2H2,1H3,(H,20,21,23). The fourth-order valence-corrected chi connectivity index (χ4v) is 3.15. The number of benzene rings is 2. The van der Waals surface area contributed by atoms with E-state index in [0.29, 0.717) is 22.8 Å². The Morgan fingerprint density at radius 1 is 1.22 bits per heavy atom. The molecule has 0 saturated carbocycles. The molecule has 3 aromatic rings. The maximum Gasteiger partial charge on any atom is 0.338 e. The van der Waals surface area contributed by atoms with Gasteiger partial charge in [0, 0.05) is 0 Å². The number of tetrazole rings is 1. The van der Waals surface area contributed by atoms with Gasteiger partial charge in [0.1, 0.15) is 11.8 Å². The SMILES string of the molecule is CCOC(=O)C1=C(c2ccccc2)Nc2nnnn2C1c1cccc(O)c1. The number of nitrogens with zero attached hydrogens (tertiary/aromatic N) is 4. The highest BCUT2D eigenvalue weighted by molar-refractivity contribution is 6.02. The second-order valence-electron chi connectivity index (χ2n) is 5.94. The number of aromatic hydroxyl groups is 1. The van der Waals surface area contributed by atoms with E-state index in [1.807, 2.05) is 36.4 Å². The summed E-state index contributed by atoms with van der Waals surface area (Å²) in [5.41, 5.74) is 2.42. The molecular weight excluding hydrogens is 346 g/mol. The smallest absolute Gasteiger partial charge is 0.338 e. The maximum atomic E-state index is 12.9. The van der Waals surface area contributed by atoms with Crippen LogP contribution in [0.4, 0.5) is 5.95 Å². The molecule has 1 unspecified atom stereocenters. The van der Waals surface area contributed by atoms with Crippen molar-refractivity contribution < 1.29 is 14.6 Å². The zero-order valence-electron chi connectivity index (χ0n) is 14.5. The Morgan fingerprint density at radius 2 is 2.04 bits per heavy atom. The minimum Gasteiger partial charge on any atom is -0.508 e. The zero-order chi connectivity index (χ0) is 18.8. The highest BCUT2D eigenvalue weighted by atomic mass is 16.5. The second kappa shape index (κ2) is 6.91. The van der Waals surface area contributed by atoms with E-state index in [1.165, 1.54) is 4.68 Å². The number of ether oxygens (including phenoxy) is 1. The third kappa shape index (κ3) is 3.01. The van der Waals surface area contributed by atoms with E-state index in [4.69, 9.17) is 4.74 Å². The average molecular weight is 363 g/mol. The molecule has 2 aromatic carbocycles. The highest BCUT2D eigenvalue weighted by Crippen LogP contribution is 2.39. The molecule has 8 heteroatoms. The van der Waals surface area contributed by atoms with Gasteiger partial charge in [-0.3, -0.25) is 0 Å². The fraction of sp³-hybridized carbons (Fsp3) is 0.158. The number of aromatic nitrogens is 4. The van der Waals surface area contributed by atoms with Crippen LogP contribution >= 0.6 is 0 Å². The van der Waals surface area contributed by atoms with E-state index in [-0.39, 0.29) is 12.4 Å². The lowest BCUT2D eigenvalue weighted by atomic mass is 9.93. The molecule has 0 saturated heterocycles. The van der Waals surface area contributed by atoms with Gasteiger partial charge in [0.2, 0.25) is 5.95 Å². The minimum atomic E-state index is -0.641. The van der Waals surface area contributed by atoms with Crippen molar-refractivity contribution in [1.29, 1.82) is 0 Å². The van der Waals surface area contributed by atoms with Crippen molar-refractivity contribution >= 4 is 17.6 Å². The summed E-state index contributed by atoms with van der Waals surface area (Å²) in [6.45, 7) is 1.99. The second-order valence-corrected chi connectivity index (χ2v) is 5.94. The first-order valence-corrected chi connectivity index (χ1v) is 8.49. The molecule has 4 rings (SSSR count). The number of anilines is 1. The van der Waals surface area contributed by atoms with Gasteiger partial charge in [-0.1, -0.05) is 47.6 Å². The van der Waals surface area contributed by atoms with Crippen molar-refractivity contribution in [3.05, 3.63) is 71.3 Å². The van der Waals surface area contributed by atoms with Gasteiger partial charge in [0.15, 0.2) is 0 Å². The topological polar surface area (TPSA) is 102 Å². The Hall–Kier alpha value is -3.68. The number of phenols is 1. The molecule has 1 aromatic heterocycles. The predicted octanol–water partition coefficient (Wildman–Crippen LogP) is 2.37. The normalized spacial score (nSPS) is 15.8. The molecule has 1 aliphatic heterocycles. The van der Waals surface area contributed by atoms with Crippen LogP contribution in [-0.2, 0) is 9.53 Å². The fourth-order valence-electron chi connectivity index (χ4n) is 3.15. The third-order valence-electron chi connectivity index (χ3n) is 4.26. The lowest BCUT2D eigenvalue weighted by Crippen LogP contribution is -2.30. The number of nitrogens with one attached hydrogen (secondary N) is 1. The Balaban J connectivity index is 1.97. The number of carbonyl (C=O) groups excluding carboxylic acids is 1. The van der Waals surface area contributed by atoms with Crippen LogP contribution in [0.3, 0.4) is 0 Å². The maximum absolute atomic E-state index is 12.9. The van der Waals surface area contributed by atoms with Crippen LogP contribution in [-0.4, -0.2) is 37.9 Å². The molecule has 2 heterocycles. The van der Waals surface area contributed by atoms with Crippen LogP contribution in [0.5, 0.6) is 5.75 Å². The van der Waals surface area contributed by atoms with Crippen molar-refractivity contribution in [2.75, 3.05) is 11.9 Å². The van der Waals surface area contributed by atoms with Gasteiger partial charge in [0.25, 0.3) is 0 Å². The van der Waals surface area contributed by atoms with E-state index in [0.717, 1.165) is 5.56 Å². The van der Waals surface area contributed by atoms with E-state index < -0.39 is 12.0 Å². The van der Waals surface area contributed by atoms with Crippen molar-refractivity contribution in [1.82, 2.24) is 20.2 Å². The first kappa shape index (κ1) is 16.8. The summed E-state index contributed by atoms with van der Waals surface area (Å²) in [4.78, 5) is 12.9. The van der Waals surface area contributed by atoms with E-state index in [9.17, 15) is 9.90 Å².